The number of nitrogens with one attached hydrogen (secondary N) is 1. The van der Waals surface area contributed by atoms with Crippen molar-refractivity contribution in [2.24, 2.45) is 5.92 Å². The van der Waals surface area contributed by atoms with Gasteiger partial charge >= 0.3 is 0 Å². The average Bonchev–Trinajstić information content (AvgIpc) is 2.93. The Hall–Kier alpha value is -0.870. The molecule has 3 nitrogen and oxygen atoms in total. The number of thiophene rings is 1. The summed E-state index contributed by atoms with van der Waals surface area (Å²) >= 11 is 1.75. The van der Waals surface area contributed by atoms with Gasteiger partial charge in [-0.05, 0) is 38.3 Å². The molecule has 1 heterocycles. The van der Waals surface area contributed by atoms with Crippen LogP contribution in [0, 0.1) is 12.8 Å². The largest absolute Gasteiger partial charge is 0.393 e. The van der Waals surface area contributed by atoms with Crippen molar-refractivity contribution in [3.8, 4) is 0 Å². The van der Waals surface area contributed by atoms with Crippen LogP contribution in [0.2, 0.25) is 0 Å². The van der Waals surface area contributed by atoms with Crippen molar-refractivity contribution >= 4 is 17.2 Å². The number of carbonyl (C=O) groups is 1. The molecule has 0 saturated heterocycles. The maximum absolute atomic E-state index is 11.7. The van der Waals surface area contributed by atoms with Gasteiger partial charge < -0.3 is 10.4 Å². The van der Waals surface area contributed by atoms with E-state index in [0.717, 1.165) is 25.7 Å². The van der Waals surface area contributed by atoms with Crippen LogP contribution in [-0.4, -0.2) is 23.7 Å². The number of hydrogen-bond donors (Lipinski definition) is 2. The zero-order chi connectivity index (χ0) is 13.0. The van der Waals surface area contributed by atoms with Crippen LogP contribution in [0.15, 0.2) is 12.1 Å². The van der Waals surface area contributed by atoms with Gasteiger partial charge in [-0.1, -0.05) is 6.42 Å². The minimum Gasteiger partial charge on any atom is -0.393 e. The van der Waals surface area contributed by atoms with Crippen LogP contribution in [0.3, 0.4) is 0 Å². The number of amides is 1. The molecule has 1 aliphatic rings. The summed E-state index contributed by atoms with van der Waals surface area (Å²) in [4.78, 5) is 14.3. The summed E-state index contributed by atoms with van der Waals surface area (Å²) < 4.78 is 0. The molecule has 1 aromatic rings. The van der Waals surface area contributed by atoms with E-state index in [1.54, 1.807) is 11.3 Å². The number of aliphatic hydroxyl groups excluding tert-OH is 1. The summed E-state index contributed by atoms with van der Waals surface area (Å²) in [5, 5.41) is 12.6. The smallest absolute Gasteiger partial charge is 0.220 e. The molecular formula is C14H21NO2S. The Labute approximate surface area is 112 Å². The second-order valence-corrected chi connectivity index (χ2v) is 6.45. The summed E-state index contributed by atoms with van der Waals surface area (Å²) in [5.74, 6) is 0.359. The van der Waals surface area contributed by atoms with Gasteiger partial charge in [-0.15, -0.1) is 11.3 Å². The molecule has 0 bridgehead atoms. The Morgan fingerprint density at radius 2 is 2.33 bits per heavy atom. The van der Waals surface area contributed by atoms with Gasteiger partial charge in [0.1, 0.15) is 0 Å². The lowest BCUT2D eigenvalue weighted by Crippen LogP contribution is -2.32. The Kier molecular flexibility index (Phi) is 4.78. The first-order valence-corrected chi connectivity index (χ1v) is 7.47. The van der Waals surface area contributed by atoms with Crippen molar-refractivity contribution < 1.29 is 9.90 Å². The Balaban J connectivity index is 1.66. The van der Waals surface area contributed by atoms with Gasteiger partial charge in [0.25, 0.3) is 0 Å². The van der Waals surface area contributed by atoms with E-state index in [1.165, 1.54) is 9.75 Å². The fourth-order valence-electron chi connectivity index (χ4n) is 2.44. The van der Waals surface area contributed by atoms with Crippen LogP contribution in [0.1, 0.15) is 35.4 Å². The number of aryl methyl sites for hydroxylation is 2. The zero-order valence-corrected chi connectivity index (χ0v) is 11.6. The third-order valence-electron chi connectivity index (χ3n) is 3.57. The summed E-state index contributed by atoms with van der Waals surface area (Å²) in [5.41, 5.74) is 0. The van der Waals surface area contributed by atoms with Gasteiger partial charge in [-0.25, -0.2) is 0 Å². The van der Waals surface area contributed by atoms with Crippen LogP contribution in [0.5, 0.6) is 0 Å². The number of rotatable bonds is 5. The molecule has 2 N–H and O–H groups in total. The first-order valence-electron chi connectivity index (χ1n) is 6.65. The van der Waals surface area contributed by atoms with E-state index in [1.807, 2.05) is 0 Å². The highest BCUT2D eigenvalue weighted by atomic mass is 32.1. The molecule has 1 fully saturated rings. The lowest BCUT2D eigenvalue weighted by atomic mass is 10.1. The number of carbonyl (C=O) groups excluding carboxylic acids is 1. The predicted octanol–water partition coefficient (Wildman–Crippen LogP) is 2.27. The van der Waals surface area contributed by atoms with Crippen molar-refractivity contribution in [2.45, 2.75) is 45.1 Å². The monoisotopic (exact) mass is 267 g/mol. The summed E-state index contributed by atoms with van der Waals surface area (Å²) in [6.07, 6.45) is 4.14. The van der Waals surface area contributed by atoms with E-state index in [4.69, 9.17) is 0 Å². The third-order valence-corrected chi connectivity index (χ3v) is 4.64. The Morgan fingerprint density at radius 3 is 2.94 bits per heavy atom. The van der Waals surface area contributed by atoms with Crippen LogP contribution < -0.4 is 5.32 Å². The molecule has 100 valence electrons. The Morgan fingerprint density at radius 1 is 1.50 bits per heavy atom. The minimum atomic E-state index is -0.217. The zero-order valence-electron chi connectivity index (χ0n) is 10.8. The topological polar surface area (TPSA) is 49.3 Å². The van der Waals surface area contributed by atoms with Crippen LogP contribution in [-0.2, 0) is 11.2 Å². The molecular weight excluding hydrogens is 246 g/mol. The van der Waals surface area contributed by atoms with Crippen molar-refractivity contribution in [1.82, 2.24) is 5.32 Å². The highest BCUT2D eigenvalue weighted by Gasteiger charge is 2.25. The molecule has 1 aliphatic carbocycles. The van der Waals surface area contributed by atoms with Crippen molar-refractivity contribution in [3.05, 3.63) is 21.9 Å². The highest BCUT2D eigenvalue weighted by Crippen LogP contribution is 2.24. The molecule has 2 rings (SSSR count). The van der Waals surface area contributed by atoms with Gasteiger partial charge in [0.05, 0.1) is 6.10 Å². The standard InChI is InChI=1S/C14H21NO2S/c1-10-5-6-12(18-10)7-8-14(17)15-9-11-3-2-4-13(11)16/h5-6,11,13,16H,2-4,7-9H2,1H3,(H,15,17)/t11-,13+/m1/s1. The van der Waals surface area contributed by atoms with E-state index < -0.39 is 0 Å². The molecule has 2 atom stereocenters. The van der Waals surface area contributed by atoms with Crippen LogP contribution in [0.4, 0.5) is 0 Å². The first kappa shape index (κ1) is 13.6. The van der Waals surface area contributed by atoms with Gasteiger partial charge in [0.15, 0.2) is 0 Å². The number of aliphatic hydroxyl groups is 1. The lowest BCUT2D eigenvalue weighted by Gasteiger charge is -2.14. The van der Waals surface area contributed by atoms with E-state index in [0.29, 0.717) is 13.0 Å². The molecule has 1 aromatic heterocycles. The fourth-order valence-corrected chi connectivity index (χ4v) is 3.33. The predicted molar refractivity (Wildman–Crippen MR) is 73.7 cm³/mol. The molecule has 1 amide bonds. The van der Waals surface area contributed by atoms with Crippen LogP contribution in [0.25, 0.3) is 0 Å². The van der Waals surface area contributed by atoms with E-state index in [2.05, 4.69) is 24.4 Å². The quantitative estimate of drug-likeness (QED) is 0.860. The van der Waals surface area contributed by atoms with Crippen molar-refractivity contribution in [3.63, 3.8) is 0 Å². The molecule has 0 radical (unpaired) electrons. The SMILES string of the molecule is Cc1ccc(CCC(=O)NC[C@H]2CCC[C@@H]2O)s1. The Bertz CT molecular complexity index is 402. The molecule has 0 aromatic carbocycles. The normalized spacial score (nSPS) is 23.2. The molecule has 0 spiro atoms. The summed E-state index contributed by atoms with van der Waals surface area (Å²) in [7, 11) is 0. The maximum Gasteiger partial charge on any atom is 0.220 e. The molecule has 0 unspecified atom stereocenters. The van der Waals surface area contributed by atoms with Gasteiger partial charge in [-0.2, -0.15) is 0 Å². The maximum atomic E-state index is 11.7. The van der Waals surface area contributed by atoms with Crippen molar-refractivity contribution in [2.75, 3.05) is 6.54 Å². The van der Waals surface area contributed by atoms with Crippen molar-refractivity contribution in [1.29, 1.82) is 0 Å². The van der Waals surface area contributed by atoms with E-state index in [9.17, 15) is 9.90 Å². The average molecular weight is 267 g/mol. The van der Waals surface area contributed by atoms with Gasteiger partial charge in [0, 0.05) is 28.6 Å². The van der Waals surface area contributed by atoms with Crippen LogP contribution >= 0.6 is 11.3 Å². The van der Waals surface area contributed by atoms with E-state index in [-0.39, 0.29) is 17.9 Å². The minimum absolute atomic E-state index is 0.0974. The highest BCUT2D eigenvalue weighted by molar-refractivity contribution is 7.11. The first-order chi connectivity index (χ1) is 8.65. The lowest BCUT2D eigenvalue weighted by molar-refractivity contribution is -0.121. The third kappa shape index (κ3) is 3.82. The summed E-state index contributed by atoms with van der Waals surface area (Å²) in [6, 6.07) is 4.18. The van der Waals surface area contributed by atoms with E-state index >= 15 is 0 Å². The molecule has 18 heavy (non-hydrogen) atoms. The fraction of sp³-hybridized carbons (Fsp3) is 0.643. The second kappa shape index (κ2) is 6.34. The molecule has 0 aliphatic heterocycles. The number of hydrogen-bond acceptors (Lipinski definition) is 3. The summed E-state index contributed by atoms with van der Waals surface area (Å²) in [6.45, 7) is 2.71. The second-order valence-electron chi connectivity index (χ2n) is 5.07. The van der Waals surface area contributed by atoms with Gasteiger partial charge in [-0.3, -0.25) is 4.79 Å². The molecule has 4 heteroatoms. The van der Waals surface area contributed by atoms with Gasteiger partial charge in [0.2, 0.25) is 5.91 Å². The molecule has 1 saturated carbocycles.